The molecule has 4 nitrogen and oxygen atoms in total. The zero-order chi connectivity index (χ0) is 13.7. The number of hydrogen-bond acceptors (Lipinski definition) is 4. The maximum absolute atomic E-state index is 11.2. The summed E-state index contributed by atoms with van der Waals surface area (Å²) >= 11 is 1.63. The van der Waals surface area contributed by atoms with Crippen LogP contribution < -0.4 is 5.73 Å². The van der Waals surface area contributed by atoms with Gasteiger partial charge in [0.1, 0.15) is 6.61 Å². The highest BCUT2D eigenvalue weighted by Crippen LogP contribution is 2.22. The number of aliphatic hydroxyl groups excluding tert-OH is 1. The van der Waals surface area contributed by atoms with Crippen molar-refractivity contribution in [3.8, 4) is 11.8 Å². The number of thiophene rings is 1. The molecule has 1 aromatic rings. The second-order valence-electron chi connectivity index (χ2n) is 4.70. The van der Waals surface area contributed by atoms with Crippen molar-refractivity contribution in [2.45, 2.75) is 19.4 Å². The Bertz CT molecular complexity index is 501. The fraction of sp³-hybridized carbons (Fsp3) is 0.500. The van der Waals surface area contributed by atoms with Crippen molar-refractivity contribution in [3.05, 3.63) is 21.9 Å². The smallest absolute Gasteiger partial charge is 0.221 e. The first kappa shape index (κ1) is 14.1. The van der Waals surface area contributed by atoms with Crippen LogP contribution in [0.4, 0.5) is 0 Å². The van der Waals surface area contributed by atoms with Gasteiger partial charge in [0.15, 0.2) is 0 Å². The minimum Gasteiger partial charge on any atom is -0.384 e. The van der Waals surface area contributed by atoms with Crippen LogP contribution in [0.1, 0.15) is 22.6 Å². The summed E-state index contributed by atoms with van der Waals surface area (Å²) in [6.45, 7) is 2.50. The van der Waals surface area contributed by atoms with E-state index in [1.165, 1.54) is 4.88 Å². The van der Waals surface area contributed by atoms with Crippen molar-refractivity contribution in [3.63, 3.8) is 0 Å². The Balaban J connectivity index is 1.93. The molecule has 1 aliphatic rings. The van der Waals surface area contributed by atoms with Gasteiger partial charge in [-0.05, 0) is 31.5 Å². The summed E-state index contributed by atoms with van der Waals surface area (Å²) in [5.74, 6) is 5.35. The lowest BCUT2D eigenvalue weighted by atomic mass is 9.97. The van der Waals surface area contributed by atoms with Crippen molar-refractivity contribution in [1.82, 2.24) is 4.90 Å². The van der Waals surface area contributed by atoms with Gasteiger partial charge in [-0.2, -0.15) is 0 Å². The van der Waals surface area contributed by atoms with Crippen LogP contribution in [0.15, 0.2) is 12.1 Å². The fourth-order valence-corrected chi connectivity index (χ4v) is 3.23. The van der Waals surface area contributed by atoms with Crippen molar-refractivity contribution in [1.29, 1.82) is 0 Å². The van der Waals surface area contributed by atoms with Crippen LogP contribution in [0, 0.1) is 17.8 Å². The monoisotopic (exact) mass is 278 g/mol. The summed E-state index contributed by atoms with van der Waals surface area (Å²) in [6, 6.07) is 4.03. The summed E-state index contributed by atoms with van der Waals surface area (Å²) < 4.78 is 0. The van der Waals surface area contributed by atoms with Gasteiger partial charge < -0.3 is 10.8 Å². The highest BCUT2D eigenvalue weighted by Gasteiger charge is 2.23. The molecule has 1 atom stereocenters. The molecule has 102 valence electrons. The normalized spacial score (nSPS) is 19.7. The minimum absolute atomic E-state index is 0.0117. The molecule has 19 heavy (non-hydrogen) atoms. The lowest BCUT2D eigenvalue weighted by Crippen LogP contribution is -2.40. The molecule has 0 bridgehead atoms. The number of aliphatic hydroxyl groups is 1. The largest absolute Gasteiger partial charge is 0.384 e. The molecule has 1 aromatic heterocycles. The van der Waals surface area contributed by atoms with E-state index in [0.717, 1.165) is 37.4 Å². The van der Waals surface area contributed by atoms with Gasteiger partial charge in [-0.3, -0.25) is 9.69 Å². The van der Waals surface area contributed by atoms with E-state index in [4.69, 9.17) is 10.8 Å². The molecular formula is C14H18N2O2S. The lowest BCUT2D eigenvalue weighted by Gasteiger charge is -2.30. The van der Waals surface area contributed by atoms with Crippen molar-refractivity contribution in [2.75, 3.05) is 19.7 Å². The summed E-state index contributed by atoms with van der Waals surface area (Å²) in [5, 5.41) is 8.66. The SMILES string of the molecule is NC(=O)C1CCCN(Cc2ccc(C#CCO)s2)C1. The van der Waals surface area contributed by atoms with Crippen LogP contribution >= 0.6 is 11.3 Å². The molecule has 0 aliphatic carbocycles. The summed E-state index contributed by atoms with van der Waals surface area (Å²) in [4.78, 5) is 15.7. The Morgan fingerprint density at radius 2 is 2.42 bits per heavy atom. The average Bonchev–Trinajstić information content (AvgIpc) is 2.84. The Hall–Kier alpha value is -1.35. The molecule has 0 spiro atoms. The first-order valence-corrected chi connectivity index (χ1v) is 7.21. The average molecular weight is 278 g/mol. The first-order chi connectivity index (χ1) is 9.19. The summed E-state index contributed by atoms with van der Waals surface area (Å²) in [5.41, 5.74) is 5.38. The molecule has 0 saturated carbocycles. The molecule has 1 saturated heterocycles. The fourth-order valence-electron chi connectivity index (χ4n) is 2.31. The molecule has 1 unspecified atom stereocenters. The van der Waals surface area contributed by atoms with Gasteiger partial charge in [-0.25, -0.2) is 0 Å². The highest BCUT2D eigenvalue weighted by atomic mass is 32.1. The number of likely N-dealkylation sites (tertiary alicyclic amines) is 1. The van der Waals surface area contributed by atoms with E-state index in [1.807, 2.05) is 6.07 Å². The summed E-state index contributed by atoms with van der Waals surface area (Å²) in [7, 11) is 0. The van der Waals surface area contributed by atoms with E-state index >= 15 is 0 Å². The van der Waals surface area contributed by atoms with Crippen molar-refractivity contribution >= 4 is 17.2 Å². The van der Waals surface area contributed by atoms with Crippen molar-refractivity contribution < 1.29 is 9.90 Å². The van der Waals surface area contributed by atoms with Gasteiger partial charge in [0, 0.05) is 18.0 Å². The third kappa shape index (κ3) is 4.06. The number of primary amides is 1. The maximum atomic E-state index is 11.2. The Morgan fingerprint density at radius 3 is 3.16 bits per heavy atom. The zero-order valence-electron chi connectivity index (χ0n) is 10.8. The van der Waals surface area contributed by atoms with Gasteiger partial charge in [0.05, 0.1) is 10.8 Å². The van der Waals surface area contributed by atoms with Gasteiger partial charge in [0.2, 0.25) is 5.91 Å². The number of amides is 1. The number of carbonyl (C=O) groups excluding carboxylic acids is 1. The Morgan fingerprint density at radius 1 is 1.58 bits per heavy atom. The van der Waals surface area contributed by atoms with E-state index in [2.05, 4.69) is 22.8 Å². The summed E-state index contributed by atoms with van der Waals surface area (Å²) in [6.07, 6.45) is 1.93. The second kappa shape index (κ2) is 6.71. The third-order valence-electron chi connectivity index (χ3n) is 3.24. The Kier molecular flexibility index (Phi) is 4.97. The van der Waals surface area contributed by atoms with E-state index in [9.17, 15) is 4.79 Å². The molecule has 5 heteroatoms. The molecule has 0 aromatic carbocycles. The van der Waals surface area contributed by atoms with Crippen LogP contribution in [-0.2, 0) is 11.3 Å². The van der Waals surface area contributed by atoms with Gasteiger partial charge >= 0.3 is 0 Å². The van der Waals surface area contributed by atoms with Crippen molar-refractivity contribution in [2.24, 2.45) is 11.7 Å². The molecular weight excluding hydrogens is 260 g/mol. The molecule has 1 amide bonds. The minimum atomic E-state index is -0.189. The molecule has 3 N–H and O–H groups in total. The maximum Gasteiger partial charge on any atom is 0.221 e. The van der Waals surface area contributed by atoms with Crippen LogP contribution in [0.25, 0.3) is 0 Å². The van der Waals surface area contributed by atoms with Crippen LogP contribution in [0.5, 0.6) is 0 Å². The van der Waals surface area contributed by atoms with E-state index in [-0.39, 0.29) is 18.4 Å². The van der Waals surface area contributed by atoms with E-state index < -0.39 is 0 Å². The Labute approximate surface area is 117 Å². The van der Waals surface area contributed by atoms with Gasteiger partial charge in [0.25, 0.3) is 0 Å². The van der Waals surface area contributed by atoms with E-state index in [1.54, 1.807) is 11.3 Å². The van der Waals surface area contributed by atoms with Crippen LogP contribution in [0.2, 0.25) is 0 Å². The highest BCUT2D eigenvalue weighted by molar-refractivity contribution is 7.12. The van der Waals surface area contributed by atoms with Gasteiger partial charge in [-0.15, -0.1) is 11.3 Å². The lowest BCUT2D eigenvalue weighted by molar-refractivity contribution is -0.123. The van der Waals surface area contributed by atoms with Crippen LogP contribution in [0.3, 0.4) is 0 Å². The third-order valence-corrected chi connectivity index (χ3v) is 4.23. The number of piperidine rings is 1. The standard InChI is InChI=1S/C14H18N2O2S/c15-14(18)11-3-1-7-16(9-11)10-13-6-5-12(19-13)4-2-8-17/h5-6,11,17H,1,3,7-10H2,(H2,15,18). The zero-order valence-corrected chi connectivity index (χ0v) is 11.6. The topological polar surface area (TPSA) is 66.6 Å². The molecule has 1 aliphatic heterocycles. The molecule has 2 rings (SSSR count). The first-order valence-electron chi connectivity index (χ1n) is 6.39. The van der Waals surface area contributed by atoms with E-state index in [0.29, 0.717) is 0 Å². The number of hydrogen-bond donors (Lipinski definition) is 2. The predicted molar refractivity (Wildman–Crippen MR) is 75.5 cm³/mol. The molecule has 2 heterocycles. The number of rotatable bonds is 3. The van der Waals surface area contributed by atoms with Gasteiger partial charge in [-0.1, -0.05) is 11.8 Å². The second-order valence-corrected chi connectivity index (χ2v) is 5.87. The number of carbonyl (C=O) groups is 1. The molecule has 0 radical (unpaired) electrons. The quantitative estimate of drug-likeness (QED) is 0.803. The molecule has 1 fully saturated rings. The van der Waals surface area contributed by atoms with Crippen LogP contribution in [-0.4, -0.2) is 35.6 Å². The number of nitrogens with zero attached hydrogens (tertiary/aromatic N) is 1. The number of nitrogens with two attached hydrogens (primary N) is 1. The predicted octanol–water partition coefficient (Wildman–Crippen LogP) is 0.789.